The first-order valence-electron chi connectivity index (χ1n) is 4.77. The lowest BCUT2D eigenvalue weighted by atomic mass is 10.1. The first kappa shape index (κ1) is 12.3. The van der Waals surface area contributed by atoms with E-state index in [0.717, 1.165) is 16.5 Å². The topological polar surface area (TPSA) is 0 Å². The van der Waals surface area contributed by atoms with Crippen molar-refractivity contribution in [3.05, 3.63) is 56.4 Å². The van der Waals surface area contributed by atoms with Gasteiger partial charge in [0.2, 0.25) is 0 Å². The van der Waals surface area contributed by atoms with Gasteiger partial charge in [0.1, 0.15) is 5.82 Å². The fourth-order valence-corrected chi connectivity index (χ4v) is 3.87. The summed E-state index contributed by atoms with van der Waals surface area (Å²) in [4.78, 5) is 0.206. The van der Waals surface area contributed by atoms with Crippen LogP contribution in [0.4, 0.5) is 4.39 Å². The molecule has 1 heterocycles. The Hall–Kier alpha value is -0.190. The van der Waals surface area contributed by atoms with Gasteiger partial charge in [-0.25, -0.2) is 4.39 Å². The molecule has 0 fully saturated rings. The summed E-state index contributed by atoms with van der Waals surface area (Å²) in [5.41, 5.74) is 2.37. The van der Waals surface area contributed by atoms with Crippen LogP contribution in [-0.2, 0) is 6.42 Å². The van der Waals surface area contributed by atoms with Gasteiger partial charge in [0.15, 0.2) is 0 Å². The summed E-state index contributed by atoms with van der Waals surface area (Å²) in [6.45, 7) is 0. The highest BCUT2D eigenvalue weighted by atomic mass is 79.9. The average molecular weight is 364 g/mol. The van der Waals surface area contributed by atoms with E-state index in [1.807, 2.05) is 6.07 Å². The van der Waals surface area contributed by atoms with Gasteiger partial charge in [-0.3, -0.25) is 0 Å². The van der Waals surface area contributed by atoms with Crippen molar-refractivity contribution >= 4 is 43.2 Å². The third-order valence-corrected chi connectivity index (χ3v) is 4.53. The summed E-state index contributed by atoms with van der Waals surface area (Å²) >= 11 is 8.71. The zero-order valence-electron chi connectivity index (χ0n) is 8.29. The molecule has 1 aromatic heterocycles. The van der Waals surface area contributed by atoms with E-state index in [4.69, 9.17) is 0 Å². The van der Waals surface area contributed by atoms with Crippen LogP contribution in [0.5, 0.6) is 0 Å². The molecule has 0 saturated carbocycles. The van der Waals surface area contributed by atoms with Crippen LogP contribution in [0.3, 0.4) is 0 Å². The zero-order valence-corrected chi connectivity index (χ0v) is 12.3. The van der Waals surface area contributed by atoms with Crippen LogP contribution in [0, 0.1) is 5.82 Å². The summed E-state index contributed by atoms with van der Waals surface area (Å²) in [7, 11) is 0. The maximum absolute atomic E-state index is 12.9. The highest BCUT2D eigenvalue weighted by molar-refractivity contribution is 9.11. The maximum atomic E-state index is 12.9. The van der Waals surface area contributed by atoms with Gasteiger partial charge in [0.25, 0.3) is 0 Å². The second-order valence-corrected chi connectivity index (χ2v) is 6.21. The number of hydrogen-bond acceptors (Lipinski definition) is 1. The molecular weight excluding hydrogens is 355 g/mol. The summed E-state index contributed by atoms with van der Waals surface area (Å²) < 4.78 is 13.8. The standard InChI is InChI=1S/C12H9Br2FS/c13-11(5-8-3-4-16-7-8)10-2-1-9(15)6-12(10)14/h1-4,6-7,11H,5H2. The van der Waals surface area contributed by atoms with Gasteiger partial charge < -0.3 is 0 Å². The van der Waals surface area contributed by atoms with E-state index in [1.54, 1.807) is 11.3 Å². The first-order chi connectivity index (χ1) is 7.66. The molecule has 0 saturated heterocycles. The average Bonchev–Trinajstić information content (AvgIpc) is 2.70. The van der Waals surface area contributed by atoms with Crippen molar-refractivity contribution in [3.63, 3.8) is 0 Å². The smallest absolute Gasteiger partial charge is 0.124 e. The van der Waals surface area contributed by atoms with Crippen LogP contribution in [0.15, 0.2) is 39.5 Å². The van der Waals surface area contributed by atoms with Crippen LogP contribution in [0.25, 0.3) is 0 Å². The molecule has 4 heteroatoms. The molecule has 0 N–H and O–H groups in total. The Labute approximate surface area is 115 Å². The maximum Gasteiger partial charge on any atom is 0.124 e. The molecule has 0 aliphatic carbocycles. The third-order valence-electron chi connectivity index (χ3n) is 2.29. The van der Waals surface area contributed by atoms with Crippen molar-refractivity contribution in [2.45, 2.75) is 11.2 Å². The predicted molar refractivity (Wildman–Crippen MR) is 73.8 cm³/mol. The van der Waals surface area contributed by atoms with Crippen LogP contribution in [-0.4, -0.2) is 0 Å². The summed E-state index contributed by atoms with van der Waals surface area (Å²) in [5.74, 6) is -0.217. The lowest BCUT2D eigenvalue weighted by molar-refractivity contribution is 0.626. The molecule has 0 radical (unpaired) electrons. The molecule has 0 spiro atoms. The Morgan fingerprint density at radius 2 is 2.12 bits per heavy atom. The fraction of sp³-hybridized carbons (Fsp3) is 0.167. The van der Waals surface area contributed by atoms with E-state index in [-0.39, 0.29) is 10.6 Å². The fourth-order valence-electron chi connectivity index (χ4n) is 1.48. The van der Waals surface area contributed by atoms with E-state index in [0.29, 0.717) is 0 Å². The minimum absolute atomic E-state index is 0.206. The molecule has 2 rings (SSSR count). The third kappa shape index (κ3) is 2.93. The zero-order chi connectivity index (χ0) is 11.5. The molecule has 1 aromatic carbocycles. The Kier molecular flexibility index (Phi) is 4.16. The largest absolute Gasteiger partial charge is 0.207 e. The van der Waals surface area contributed by atoms with Gasteiger partial charge in [-0.2, -0.15) is 11.3 Å². The summed E-state index contributed by atoms with van der Waals surface area (Å²) in [5, 5.41) is 4.19. The van der Waals surface area contributed by atoms with Gasteiger partial charge in [-0.1, -0.05) is 37.9 Å². The minimum atomic E-state index is -0.217. The number of rotatable bonds is 3. The molecule has 84 valence electrons. The van der Waals surface area contributed by atoms with Crippen LogP contribution < -0.4 is 0 Å². The van der Waals surface area contributed by atoms with E-state index in [2.05, 4.69) is 48.7 Å². The molecule has 0 aliphatic heterocycles. The van der Waals surface area contributed by atoms with Gasteiger partial charge in [-0.15, -0.1) is 0 Å². The van der Waals surface area contributed by atoms with Crippen LogP contribution in [0.1, 0.15) is 16.0 Å². The Morgan fingerprint density at radius 3 is 2.75 bits per heavy atom. The monoisotopic (exact) mass is 362 g/mol. The quantitative estimate of drug-likeness (QED) is 0.646. The molecule has 1 unspecified atom stereocenters. The number of benzene rings is 1. The Balaban J connectivity index is 2.17. The van der Waals surface area contributed by atoms with Gasteiger partial charge in [-0.05, 0) is 46.5 Å². The number of halogens is 3. The molecule has 0 amide bonds. The van der Waals surface area contributed by atoms with E-state index < -0.39 is 0 Å². The SMILES string of the molecule is Fc1ccc(C(Br)Cc2ccsc2)c(Br)c1. The van der Waals surface area contributed by atoms with Crippen LogP contribution >= 0.6 is 43.2 Å². The molecular formula is C12H9Br2FS. The second kappa shape index (κ2) is 5.43. The van der Waals surface area contributed by atoms with Crippen molar-refractivity contribution in [3.8, 4) is 0 Å². The van der Waals surface area contributed by atoms with Crippen LogP contribution in [0.2, 0.25) is 0 Å². The second-order valence-electron chi connectivity index (χ2n) is 3.47. The highest BCUT2D eigenvalue weighted by Gasteiger charge is 2.12. The van der Waals surface area contributed by atoms with E-state index >= 15 is 0 Å². The van der Waals surface area contributed by atoms with Gasteiger partial charge >= 0.3 is 0 Å². The lowest BCUT2D eigenvalue weighted by Crippen LogP contribution is -1.95. The number of hydrogen-bond donors (Lipinski definition) is 0. The Bertz CT molecular complexity index is 468. The van der Waals surface area contributed by atoms with Crippen molar-refractivity contribution in [1.82, 2.24) is 0 Å². The first-order valence-corrected chi connectivity index (χ1v) is 7.42. The van der Waals surface area contributed by atoms with Gasteiger partial charge in [0, 0.05) is 9.30 Å². The van der Waals surface area contributed by atoms with E-state index in [9.17, 15) is 4.39 Å². The highest BCUT2D eigenvalue weighted by Crippen LogP contribution is 2.33. The molecule has 0 bridgehead atoms. The number of thiophene rings is 1. The van der Waals surface area contributed by atoms with E-state index in [1.165, 1.54) is 17.7 Å². The summed E-state index contributed by atoms with van der Waals surface area (Å²) in [6, 6.07) is 6.90. The normalized spacial score (nSPS) is 12.7. The van der Waals surface area contributed by atoms with Crippen molar-refractivity contribution in [2.75, 3.05) is 0 Å². The van der Waals surface area contributed by atoms with Gasteiger partial charge in [0.05, 0.1) is 0 Å². The molecule has 0 aliphatic rings. The molecule has 0 nitrogen and oxygen atoms in total. The predicted octanol–water partition coefficient (Wildman–Crippen LogP) is 5.33. The molecule has 2 aromatic rings. The molecule has 16 heavy (non-hydrogen) atoms. The summed E-state index contributed by atoms with van der Waals surface area (Å²) in [6.07, 6.45) is 0.910. The number of alkyl halides is 1. The molecule has 1 atom stereocenters. The minimum Gasteiger partial charge on any atom is -0.207 e. The Morgan fingerprint density at radius 1 is 1.31 bits per heavy atom. The lowest BCUT2D eigenvalue weighted by Gasteiger charge is -2.11. The van der Waals surface area contributed by atoms with Crippen molar-refractivity contribution in [2.24, 2.45) is 0 Å². The van der Waals surface area contributed by atoms with Crippen molar-refractivity contribution in [1.29, 1.82) is 0 Å². The van der Waals surface area contributed by atoms with Crippen molar-refractivity contribution < 1.29 is 4.39 Å².